The second-order valence-electron chi connectivity index (χ2n) is 6.36. The van der Waals surface area contributed by atoms with Crippen LogP contribution in [0.25, 0.3) is 0 Å². The summed E-state index contributed by atoms with van der Waals surface area (Å²) in [5.74, 6) is -1.23. The normalized spacial score (nSPS) is 10.7. The number of ether oxygens (including phenoxy) is 2. The van der Waals surface area contributed by atoms with Crippen molar-refractivity contribution in [3.05, 3.63) is 71.0 Å². The van der Waals surface area contributed by atoms with Gasteiger partial charge in [-0.25, -0.2) is 9.18 Å². The second-order valence-corrected chi connectivity index (χ2v) is 6.36. The molecule has 27 heavy (non-hydrogen) atoms. The van der Waals surface area contributed by atoms with Gasteiger partial charge in [-0.05, 0) is 55.7 Å². The predicted molar refractivity (Wildman–Crippen MR) is 99.8 cm³/mol. The highest BCUT2D eigenvalue weighted by Crippen LogP contribution is 2.08. The first-order chi connectivity index (χ1) is 12.9. The highest BCUT2D eigenvalue weighted by atomic mass is 19.1. The van der Waals surface area contributed by atoms with Gasteiger partial charge in [0, 0.05) is 6.54 Å². The zero-order chi connectivity index (χ0) is 19.6. The van der Waals surface area contributed by atoms with Crippen molar-refractivity contribution in [2.45, 2.75) is 33.0 Å². The zero-order valence-electron chi connectivity index (χ0n) is 15.5. The van der Waals surface area contributed by atoms with E-state index >= 15 is 0 Å². The molecule has 0 fully saturated rings. The Morgan fingerprint density at radius 3 is 2.26 bits per heavy atom. The van der Waals surface area contributed by atoms with Gasteiger partial charge in [-0.2, -0.15) is 0 Å². The molecule has 1 amide bonds. The summed E-state index contributed by atoms with van der Waals surface area (Å²) in [6, 6.07) is 13.0. The van der Waals surface area contributed by atoms with E-state index < -0.39 is 5.97 Å². The van der Waals surface area contributed by atoms with Gasteiger partial charge in [-0.3, -0.25) is 4.79 Å². The summed E-state index contributed by atoms with van der Waals surface area (Å²) in [5.41, 5.74) is 2.25. The molecule has 0 radical (unpaired) electrons. The Labute approximate surface area is 158 Å². The van der Waals surface area contributed by atoms with Crippen molar-refractivity contribution >= 4 is 11.9 Å². The number of hydrogen-bond acceptors (Lipinski definition) is 4. The van der Waals surface area contributed by atoms with Crippen LogP contribution in [0.4, 0.5) is 4.39 Å². The van der Waals surface area contributed by atoms with Crippen molar-refractivity contribution in [1.29, 1.82) is 0 Å². The third-order valence-electron chi connectivity index (χ3n) is 3.76. The zero-order valence-corrected chi connectivity index (χ0v) is 15.5. The smallest absolute Gasteiger partial charge is 0.338 e. The summed E-state index contributed by atoms with van der Waals surface area (Å²) in [7, 11) is 0. The third kappa shape index (κ3) is 7.58. The first kappa shape index (κ1) is 20.6. The van der Waals surface area contributed by atoms with Crippen molar-refractivity contribution in [2.75, 3.05) is 13.2 Å². The van der Waals surface area contributed by atoms with Crippen molar-refractivity contribution in [3.8, 4) is 0 Å². The van der Waals surface area contributed by atoms with Crippen molar-refractivity contribution < 1.29 is 23.5 Å². The lowest BCUT2D eigenvalue weighted by Crippen LogP contribution is -2.30. The largest absolute Gasteiger partial charge is 0.452 e. The highest BCUT2D eigenvalue weighted by Gasteiger charge is 2.10. The van der Waals surface area contributed by atoms with Gasteiger partial charge >= 0.3 is 5.97 Å². The fourth-order valence-corrected chi connectivity index (χ4v) is 2.26. The Balaban J connectivity index is 1.69. The minimum absolute atomic E-state index is 0.135. The Hall–Kier alpha value is -2.73. The molecule has 2 aromatic carbocycles. The molecule has 144 valence electrons. The van der Waals surface area contributed by atoms with Crippen LogP contribution in [0.2, 0.25) is 0 Å². The molecule has 0 aliphatic rings. The number of rotatable bonds is 9. The lowest BCUT2D eigenvalue weighted by molar-refractivity contribution is -0.124. The molecular formula is C21H24FNO4. The molecule has 0 bridgehead atoms. The van der Waals surface area contributed by atoms with Crippen LogP contribution < -0.4 is 5.32 Å². The average molecular weight is 373 g/mol. The summed E-state index contributed by atoms with van der Waals surface area (Å²) in [5, 5.41) is 2.66. The maximum atomic E-state index is 12.8. The molecule has 2 rings (SSSR count). The topological polar surface area (TPSA) is 64.6 Å². The van der Waals surface area contributed by atoms with Crippen molar-refractivity contribution in [3.63, 3.8) is 0 Å². The van der Waals surface area contributed by atoms with E-state index in [1.165, 1.54) is 12.1 Å². The Bertz CT molecular complexity index is 742. The van der Waals surface area contributed by atoms with Gasteiger partial charge in [0.05, 0.1) is 18.3 Å². The quantitative estimate of drug-likeness (QED) is 0.685. The number of carbonyl (C=O) groups excluding carboxylic acids is 2. The molecule has 0 saturated heterocycles. The summed E-state index contributed by atoms with van der Waals surface area (Å²) in [4.78, 5) is 23.7. The molecule has 2 aromatic rings. The van der Waals surface area contributed by atoms with E-state index in [4.69, 9.17) is 9.47 Å². The van der Waals surface area contributed by atoms with Crippen LogP contribution in [-0.4, -0.2) is 31.1 Å². The van der Waals surface area contributed by atoms with Crippen molar-refractivity contribution in [2.24, 2.45) is 0 Å². The first-order valence-electron chi connectivity index (χ1n) is 8.83. The molecule has 0 aliphatic heterocycles. The van der Waals surface area contributed by atoms with Crippen LogP contribution in [0, 0.1) is 5.82 Å². The Morgan fingerprint density at radius 1 is 1.00 bits per heavy atom. The van der Waals surface area contributed by atoms with Gasteiger partial charge in [0.25, 0.3) is 5.91 Å². The molecule has 1 N–H and O–H groups in total. The number of amides is 1. The van der Waals surface area contributed by atoms with Gasteiger partial charge in [0.1, 0.15) is 5.82 Å². The van der Waals surface area contributed by atoms with Crippen LogP contribution in [0.3, 0.4) is 0 Å². The SMILES string of the molecule is CC(C)OCc1ccc(C(=O)OCC(=O)NCCc2ccc(F)cc2)cc1. The van der Waals surface area contributed by atoms with E-state index in [0.717, 1.165) is 11.1 Å². The molecule has 0 aliphatic carbocycles. The van der Waals surface area contributed by atoms with E-state index in [2.05, 4.69) is 5.32 Å². The van der Waals surface area contributed by atoms with Gasteiger partial charge in [0.2, 0.25) is 0 Å². The Kier molecular flexibility index (Phi) is 7.95. The molecule has 0 unspecified atom stereocenters. The van der Waals surface area contributed by atoms with Crippen molar-refractivity contribution in [1.82, 2.24) is 5.32 Å². The molecule has 0 atom stereocenters. The predicted octanol–water partition coefficient (Wildman–Crippen LogP) is 3.27. The van der Waals surface area contributed by atoms with Gasteiger partial charge in [0.15, 0.2) is 6.61 Å². The van der Waals surface area contributed by atoms with Gasteiger partial charge in [-0.1, -0.05) is 24.3 Å². The molecule has 0 saturated carbocycles. The number of nitrogens with one attached hydrogen (secondary N) is 1. The van der Waals surface area contributed by atoms with E-state index in [-0.39, 0.29) is 24.4 Å². The molecular weight excluding hydrogens is 349 g/mol. The highest BCUT2D eigenvalue weighted by molar-refractivity contribution is 5.91. The lowest BCUT2D eigenvalue weighted by atomic mass is 10.1. The average Bonchev–Trinajstić information content (AvgIpc) is 2.66. The minimum atomic E-state index is -0.556. The second kappa shape index (κ2) is 10.4. The molecule has 5 nitrogen and oxygen atoms in total. The number of benzene rings is 2. The van der Waals surface area contributed by atoms with E-state index in [1.54, 1.807) is 36.4 Å². The van der Waals surface area contributed by atoms with Crippen LogP contribution in [0.15, 0.2) is 48.5 Å². The summed E-state index contributed by atoms with van der Waals surface area (Å²) in [6.45, 7) is 4.42. The fraction of sp³-hybridized carbons (Fsp3) is 0.333. The maximum absolute atomic E-state index is 12.8. The van der Waals surface area contributed by atoms with Crippen LogP contribution >= 0.6 is 0 Å². The van der Waals surface area contributed by atoms with E-state index in [0.29, 0.717) is 25.1 Å². The van der Waals surface area contributed by atoms with Gasteiger partial charge < -0.3 is 14.8 Å². The number of halogens is 1. The van der Waals surface area contributed by atoms with E-state index in [1.807, 2.05) is 13.8 Å². The summed E-state index contributed by atoms with van der Waals surface area (Å²) < 4.78 is 23.3. The van der Waals surface area contributed by atoms with Crippen LogP contribution in [0.5, 0.6) is 0 Å². The molecule has 0 aromatic heterocycles. The fourth-order valence-electron chi connectivity index (χ4n) is 2.26. The molecule has 0 spiro atoms. The first-order valence-corrected chi connectivity index (χ1v) is 8.83. The lowest BCUT2D eigenvalue weighted by Gasteiger charge is -2.09. The summed E-state index contributed by atoms with van der Waals surface area (Å²) in [6.07, 6.45) is 0.705. The van der Waals surface area contributed by atoms with Crippen LogP contribution in [0.1, 0.15) is 35.3 Å². The monoisotopic (exact) mass is 373 g/mol. The standard InChI is InChI=1S/C21H24FNO4/c1-15(2)26-13-17-3-7-18(8-4-17)21(25)27-14-20(24)23-12-11-16-5-9-19(22)10-6-16/h3-10,15H,11-14H2,1-2H3,(H,23,24). The minimum Gasteiger partial charge on any atom is -0.452 e. The summed E-state index contributed by atoms with van der Waals surface area (Å²) >= 11 is 0. The van der Waals surface area contributed by atoms with Crippen LogP contribution in [-0.2, 0) is 27.3 Å². The van der Waals surface area contributed by atoms with E-state index in [9.17, 15) is 14.0 Å². The Morgan fingerprint density at radius 2 is 1.63 bits per heavy atom. The third-order valence-corrected chi connectivity index (χ3v) is 3.76. The number of hydrogen-bond donors (Lipinski definition) is 1. The number of carbonyl (C=O) groups is 2. The van der Waals surface area contributed by atoms with Gasteiger partial charge in [-0.15, -0.1) is 0 Å². The maximum Gasteiger partial charge on any atom is 0.338 e. The molecule has 6 heteroatoms. The number of esters is 1. The molecule has 0 heterocycles.